The van der Waals surface area contributed by atoms with Crippen molar-refractivity contribution in [3.05, 3.63) is 33.6 Å². The number of benzene rings is 1. The van der Waals surface area contributed by atoms with Crippen molar-refractivity contribution in [1.82, 2.24) is 5.32 Å². The third-order valence-electron chi connectivity index (χ3n) is 3.83. The molecule has 21 heavy (non-hydrogen) atoms. The third-order valence-corrected chi connectivity index (χ3v) is 3.83. The summed E-state index contributed by atoms with van der Waals surface area (Å²) in [7, 11) is 1.56. The number of halogens is 1. The number of nitrogen functional groups attached to an aromatic ring is 1. The van der Waals surface area contributed by atoms with Crippen molar-refractivity contribution in [3.63, 3.8) is 0 Å². The predicted molar refractivity (Wildman–Crippen MR) is 73.4 cm³/mol. The summed E-state index contributed by atoms with van der Waals surface area (Å²) in [6, 6.07) is 1.58. The van der Waals surface area contributed by atoms with E-state index in [0.717, 1.165) is 25.3 Å². The first-order chi connectivity index (χ1) is 9.88. The molecule has 0 spiro atoms. The Morgan fingerprint density at radius 2 is 2.24 bits per heavy atom. The molecule has 1 aromatic rings. The molecule has 1 aliphatic rings. The molecule has 0 aromatic heterocycles. The number of nitro groups is 1. The third kappa shape index (κ3) is 2.94. The maximum atomic E-state index is 13.4. The molecule has 0 heterocycles. The van der Waals surface area contributed by atoms with Crippen molar-refractivity contribution in [2.75, 3.05) is 19.4 Å². The Kier molecular flexibility index (Phi) is 4.08. The molecule has 0 bridgehead atoms. The standard InChI is InChI=1S/C13H16FN3O4/c1-21-13(3-2-4-13)7-16-12(18)9-5-8(14)6-10(11(9)15)17(19)20/h5-6H,2-4,7,15H2,1H3,(H,16,18). The minimum atomic E-state index is -0.883. The summed E-state index contributed by atoms with van der Waals surface area (Å²) in [5.41, 5.74) is 3.96. The molecule has 7 nitrogen and oxygen atoms in total. The van der Waals surface area contributed by atoms with Gasteiger partial charge in [-0.25, -0.2) is 4.39 Å². The van der Waals surface area contributed by atoms with Gasteiger partial charge in [0.1, 0.15) is 11.5 Å². The minimum absolute atomic E-state index is 0.243. The van der Waals surface area contributed by atoms with Crippen LogP contribution in [0.2, 0.25) is 0 Å². The normalized spacial score (nSPS) is 16.1. The highest BCUT2D eigenvalue weighted by molar-refractivity contribution is 6.01. The smallest absolute Gasteiger partial charge is 0.295 e. The first-order valence-electron chi connectivity index (χ1n) is 6.45. The number of nitrogens with two attached hydrogens (primary N) is 1. The van der Waals surface area contributed by atoms with Crippen LogP contribution in [0.25, 0.3) is 0 Å². The highest BCUT2D eigenvalue weighted by atomic mass is 19.1. The number of methoxy groups -OCH3 is 1. The van der Waals surface area contributed by atoms with E-state index in [2.05, 4.69) is 5.32 Å². The molecular formula is C13H16FN3O4. The molecule has 1 aromatic carbocycles. The summed E-state index contributed by atoms with van der Waals surface area (Å²) in [4.78, 5) is 22.0. The molecule has 1 saturated carbocycles. The van der Waals surface area contributed by atoms with Gasteiger partial charge in [-0.05, 0) is 25.3 Å². The van der Waals surface area contributed by atoms with Crippen LogP contribution in [0.3, 0.4) is 0 Å². The highest BCUT2D eigenvalue weighted by Gasteiger charge is 2.37. The van der Waals surface area contributed by atoms with Gasteiger partial charge in [-0.15, -0.1) is 0 Å². The maximum Gasteiger partial charge on any atom is 0.295 e. The van der Waals surface area contributed by atoms with E-state index in [1.54, 1.807) is 7.11 Å². The molecule has 3 N–H and O–H groups in total. The van der Waals surface area contributed by atoms with Crippen molar-refractivity contribution in [3.8, 4) is 0 Å². The van der Waals surface area contributed by atoms with Crippen LogP contribution in [0.15, 0.2) is 12.1 Å². The van der Waals surface area contributed by atoms with E-state index in [9.17, 15) is 19.3 Å². The van der Waals surface area contributed by atoms with Crippen molar-refractivity contribution in [1.29, 1.82) is 0 Å². The van der Waals surface area contributed by atoms with E-state index in [0.29, 0.717) is 6.07 Å². The molecule has 2 rings (SSSR count). The van der Waals surface area contributed by atoms with Crippen LogP contribution in [0.4, 0.5) is 15.8 Å². The molecule has 0 unspecified atom stereocenters. The predicted octanol–water partition coefficient (Wildman–Crippen LogP) is 1.61. The summed E-state index contributed by atoms with van der Waals surface area (Å²) in [5, 5.41) is 13.4. The van der Waals surface area contributed by atoms with E-state index in [-0.39, 0.29) is 17.8 Å². The molecule has 1 aliphatic carbocycles. The lowest BCUT2D eigenvalue weighted by Crippen LogP contribution is -2.49. The second-order valence-electron chi connectivity index (χ2n) is 5.07. The lowest BCUT2D eigenvalue weighted by Gasteiger charge is -2.40. The van der Waals surface area contributed by atoms with Gasteiger partial charge in [0.15, 0.2) is 0 Å². The fourth-order valence-corrected chi connectivity index (χ4v) is 2.30. The average Bonchev–Trinajstić information content (AvgIpc) is 2.39. The number of nitrogens with one attached hydrogen (secondary N) is 1. The van der Waals surface area contributed by atoms with Crippen LogP contribution in [-0.4, -0.2) is 30.1 Å². The summed E-state index contributed by atoms with van der Waals surface area (Å²) < 4.78 is 18.7. The molecule has 0 radical (unpaired) electrons. The van der Waals surface area contributed by atoms with Crippen molar-refractivity contribution in [2.24, 2.45) is 0 Å². The Balaban J connectivity index is 2.17. The van der Waals surface area contributed by atoms with Crippen LogP contribution in [0.1, 0.15) is 29.6 Å². The zero-order valence-electron chi connectivity index (χ0n) is 11.5. The van der Waals surface area contributed by atoms with E-state index >= 15 is 0 Å². The maximum absolute atomic E-state index is 13.4. The Morgan fingerprint density at radius 3 is 2.71 bits per heavy atom. The van der Waals surface area contributed by atoms with E-state index in [4.69, 9.17) is 10.5 Å². The van der Waals surface area contributed by atoms with Crippen molar-refractivity contribution < 1.29 is 18.8 Å². The number of hydrogen-bond donors (Lipinski definition) is 2. The van der Waals surface area contributed by atoms with Gasteiger partial charge in [-0.2, -0.15) is 0 Å². The number of nitrogens with zero attached hydrogens (tertiary/aromatic N) is 1. The van der Waals surface area contributed by atoms with Gasteiger partial charge in [0.2, 0.25) is 0 Å². The minimum Gasteiger partial charge on any atom is -0.393 e. The van der Waals surface area contributed by atoms with E-state index in [1.165, 1.54) is 0 Å². The number of nitro benzene ring substituents is 1. The lowest BCUT2D eigenvalue weighted by atomic mass is 9.80. The van der Waals surface area contributed by atoms with Gasteiger partial charge in [0, 0.05) is 13.7 Å². The van der Waals surface area contributed by atoms with Crippen LogP contribution >= 0.6 is 0 Å². The quantitative estimate of drug-likeness (QED) is 0.488. The summed E-state index contributed by atoms with van der Waals surface area (Å²) in [6.45, 7) is 0.256. The van der Waals surface area contributed by atoms with Crippen LogP contribution < -0.4 is 11.1 Å². The average molecular weight is 297 g/mol. The number of carbonyl (C=O) groups excluding carboxylic acids is 1. The molecule has 1 amide bonds. The zero-order chi connectivity index (χ0) is 15.6. The SMILES string of the molecule is COC1(CNC(=O)c2cc(F)cc([N+](=O)[O-])c2N)CCC1. The molecule has 114 valence electrons. The first-order valence-corrected chi connectivity index (χ1v) is 6.45. The highest BCUT2D eigenvalue weighted by Crippen LogP contribution is 2.34. The Hall–Kier alpha value is -2.22. The van der Waals surface area contributed by atoms with Crippen LogP contribution in [-0.2, 0) is 4.74 Å². The van der Waals surface area contributed by atoms with Gasteiger partial charge in [0.25, 0.3) is 11.6 Å². The Morgan fingerprint density at radius 1 is 1.57 bits per heavy atom. The van der Waals surface area contributed by atoms with Crippen LogP contribution in [0.5, 0.6) is 0 Å². The largest absolute Gasteiger partial charge is 0.393 e. The van der Waals surface area contributed by atoms with E-state index in [1.807, 2.05) is 0 Å². The molecule has 0 atom stereocenters. The number of ether oxygens (including phenoxy) is 1. The number of anilines is 1. The summed E-state index contributed by atoms with van der Waals surface area (Å²) in [6.07, 6.45) is 2.66. The molecule has 0 saturated heterocycles. The fourth-order valence-electron chi connectivity index (χ4n) is 2.30. The molecule has 8 heteroatoms. The van der Waals surface area contributed by atoms with Gasteiger partial charge in [0.05, 0.1) is 22.2 Å². The number of carbonyl (C=O) groups is 1. The van der Waals surface area contributed by atoms with Gasteiger partial charge in [-0.1, -0.05) is 0 Å². The van der Waals surface area contributed by atoms with Crippen molar-refractivity contribution in [2.45, 2.75) is 24.9 Å². The first kappa shape index (κ1) is 15.2. The topological polar surface area (TPSA) is 107 Å². The fraction of sp³-hybridized carbons (Fsp3) is 0.462. The molecule has 1 fully saturated rings. The number of hydrogen-bond acceptors (Lipinski definition) is 5. The Labute approximate surface area is 120 Å². The van der Waals surface area contributed by atoms with Crippen LogP contribution in [0, 0.1) is 15.9 Å². The number of amides is 1. The monoisotopic (exact) mass is 297 g/mol. The van der Waals surface area contributed by atoms with Gasteiger partial charge < -0.3 is 15.8 Å². The zero-order valence-corrected chi connectivity index (χ0v) is 11.5. The molecule has 0 aliphatic heterocycles. The summed E-state index contributed by atoms with van der Waals surface area (Å²) in [5.74, 6) is -1.54. The molecular weight excluding hydrogens is 281 g/mol. The van der Waals surface area contributed by atoms with Crippen molar-refractivity contribution >= 4 is 17.3 Å². The van der Waals surface area contributed by atoms with Gasteiger partial charge >= 0.3 is 0 Å². The number of rotatable bonds is 5. The lowest BCUT2D eigenvalue weighted by molar-refractivity contribution is -0.384. The second-order valence-corrected chi connectivity index (χ2v) is 5.07. The summed E-state index contributed by atoms with van der Waals surface area (Å²) >= 11 is 0. The second kappa shape index (κ2) is 5.65. The van der Waals surface area contributed by atoms with Gasteiger partial charge in [-0.3, -0.25) is 14.9 Å². The van der Waals surface area contributed by atoms with E-state index < -0.39 is 27.9 Å². The Bertz CT molecular complexity index is 582.